The molecule has 0 saturated heterocycles. The van der Waals surface area contributed by atoms with Crippen molar-refractivity contribution in [3.05, 3.63) is 54.4 Å². The number of sulfonamides is 1. The van der Waals surface area contributed by atoms with Gasteiger partial charge < -0.3 is 10.1 Å². The highest BCUT2D eigenvalue weighted by atomic mass is 32.2. The van der Waals surface area contributed by atoms with Gasteiger partial charge in [-0.1, -0.05) is 0 Å². The largest absolute Gasteiger partial charge is 0.484 e. The number of ether oxygens (including phenoxy) is 1. The summed E-state index contributed by atoms with van der Waals surface area (Å²) in [6.07, 6.45) is 4.45. The first-order chi connectivity index (χ1) is 11.4. The third kappa shape index (κ3) is 5.24. The quantitative estimate of drug-likeness (QED) is 0.811. The van der Waals surface area contributed by atoms with Crippen LogP contribution in [0.15, 0.2) is 48.8 Å². The van der Waals surface area contributed by atoms with Gasteiger partial charge >= 0.3 is 0 Å². The van der Waals surface area contributed by atoms with E-state index < -0.39 is 10.0 Å². The number of aromatic nitrogens is 1. The zero-order valence-corrected chi connectivity index (χ0v) is 14.3. The number of hydrogen-bond donors (Lipinski definition) is 1. The van der Waals surface area contributed by atoms with Gasteiger partial charge in [-0.05, 0) is 42.0 Å². The Kier molecular flexibility index (Phi) is 5.75. The fourth-order valence-electron chi connectivity index (χ4n) is 1.84. The minimum Gasteiger partial charge on any atom is -0.484 e. The van der Waals surface area contributed by atoms with E-state index in [1.165, 1.54) is 7.05 Å². The Morgan fingerprint density at radius 1 is 1.17 bits per heavy atom. The van der Waals surface area contributed by atoms with Gasteiger partial charge in [0.25, 0.3) is 5.91 Å². The second-order valence-electron chi connectivity index (χ2n) is 5.15. The van der Waals surface area contributed by atoms with Crippen molar-refractivity contribution in [3.63, 3.8) is 0 Å². The summed E-state index contributed by atoms with van der Waals surface area (Å²) < 4.78 is 29.5. The fourth-order valence-corrected chi connectivity index (χ4v) is 2.35. The molecule has 1 N–H and O–H groups in total. The zero-order chi connectivity index (χ0) is 17.6. The lowest BCUT2D eigenvalue weighted by Gasteiger charge is -2.16. The van der Waals surface area contributed by atoms with Gasteiger partial charge in [-0.15, -0.1) is 0 Å². The van der Waals surface area contributed by atoms with Gasteiger partial charge in [-0.2, -0.15) is 0 Å². The van der Waals surface area contributed by atoms with Crippen molar-refractivity contribution in [1.29, 1.82) is 0 Å². The van der Waals surface area contributed by atoms with E-state index in [2.05, 4.69) is 10.3 Å². The minimum absolute atomic E-state index is 0.119. The van der Waals surface area contributed by atoms with Gasteiger partial charge in [0.2, 0.25) is 10.0 Å². The second-order valence-corrected chi connectivity index (χ2v) is 7.16. The summed E-state index contributed by atoms with van der Waals surface area (Å²) >= 11 is 0. The molecule has 0 aliphatic carbocycles. The monoisotopic (exact) mass is 349 g/mol. The van der Waals surface area contributed by atoms with Crippen molar-refractivity contribution < 1.29 is 17.9 Å². The smallest absolute Gasteiger partial charge is 0.258 e. The molecular weight excluding hydrogens is 330 g/mol. The molecule has 0 bridgehead atoms. The number of nitrogens with zero attached hydrogens (tertiary/aromatic N) is 2. The average molecular weight is 349 g/mol. The highest BCUT2D eigenvalue weighted by Gasteiger charge is 2.11. The van der Waals surface area contributed by atoms with E-state index in [1.807, 2.05) is 12.1 Å². The molecule has 0 spiro atoms. The average Bonchev–Trinajstić information content (AvgIpc) is 2.58. The Labute approximate surface area is 141 Å². The predicted octanol–water partition coefficient (Wildman–Crippen LogP) is 1.17. The summed E-state index contributed by atoms with van der Waals surface area (Å²) in [5.74, 6) is 0.240. The molecular formula is C16H19N3O4S. The number of carbonyl (C=O) groups excluding carboxylic acids is 1. The van der Waals surface area contributed by atoms with Crippen LogP contribution in [0.5, 0.6) is 5.75 Å². The summed E-state index contributed by atoms with van der Waals surface area (Å²) in [5, 5.41) is 2.74. The van der Waals surface area contributed by atoms with Crippen LogP contribution < -0.4 is 14.4 Å². The first-order valence-corrected chi connectivity index (χ1v) is 9.03. The first kappa shape index (κ1) is 17.7. The number of rotatable bonds is 7. The van der Waals surface area contributed by atoms with Crippen LogP contribution in [-0.2, 0) is 21.4 Å². The van der Waals surface area contributed by atoms with E-state index in [1.54, 1.807) is 36.7 Å². The highest BCUT2D eigenvalue weighted by Crippen LogP contribution is 2.20. The number of pyridine rings is 1. The molecule has 0 saturated carbocycles. The van der Waals surface area contributed by atoms with E-state index in [9.17, 15) is 13.2 Å². The molecule has 8 heteroatoms. The van der Waals surface area contributed by atoms with E-state index in [0.29, 0.717) is 18.0 Å². The molecule has 0 aliphatic rings. The van der Waals surface area contributed by atoms with Crippen molar-refractivity contribution in [2.24, 2.45) is 0 Å². The Morgan fingerprint density at radius 3 is 2.38 bits per heavy atom. The summed E-state index contributed by atoms with van der Waals surface area (Å²) in [7, 11) is -1.83. The van der Waals surface area contributed by atoms with Crippen molar-refractivity contribution in [2.45, 2.75) is 6.54 Å². The third-order valence-corrected chi connectivity index (χ3v) is 4.51. The van der Waals surface area contributed by atoms with E-state index in [-0.39, 0.29) is 12.5 Å². The molecule has 1 aromatic carbocycles. The van der Waals surface area contributed by atoms with Gasteiger partial charge in [0, 0.05) is 26.0 Å². The normalized spacial score (nSPS) is 10.9. The molecule has 0 aliphatic heterocycles. The number of amides is 1. The standard InChI is InChI=1S/C16H19N3O4S/c1-19(24(2,21)22)14-3-5-15(6-4-14)23-12-16(20)18-11-13-7-9-17-10-8-13/h3-10H,11-12H2,1-2H3,(H,18,20). The van der Waals surface area contributed by atoms with Crippen molar-refractivity contribution in [3.8, 4) is 5.75 Å². The minimum atomic E-state index is -3.30. The van der Waals surface area contributed by atoms with Crippen molar-refractivity contribution in [2.75, 3.05) is 24.2 Å². The molecule has 2 rings (SSSR count). The van der Waals surface area contributed by atoms with Crippen molar-refractivity contribution >= 4 is 21.6 Å². The lowest BCUT2D eigenvalue weighted by Crippen LogP contribution is -2.28. The van der Waals surface area contributed by atoms with Gasteiger partial charge in [0.15, 0.2) is 6.61 Å². The van der Waals surface area contributed by atoms with Crippen LogP contribution in [0.25, 0.3) is 0 Å². The number of carbonyl (C=O) groups is 1. The molecule has 0 unspecified atom stereocenters. The van der Waals surface area contributed by atoms with Gasteiger partial charge in [0.05, 0.1) is 11.9 Å². The second kappa shape index (κ2) is 7.78. The molecule has 1 heterocycles. The van der Waals surface area contributed by atoms with Crippen LogP contribution in [0.2, 0.25) is 0 Å². The summed E-state index contributed by atoms with van der Waals surface area (Å²) in [6, 6.07) is 10.1. The van der Waals surface area contributed by atoms with Crippen LogP contribution in [-0.4, -0.2) is 39.2 Å². The predicted molar refractivity (Wildman–Crippen MR) is 91.3 cm³/mol. The molecule has 1 aromatic heterocycles. The van der Waals surface area contributed by atoms with Crippen molar-refractivity contribution in [1.82, 2.24) is 10.3 Å². The maximum Gasteiger partial charge on any atom is 0.258 e. The van der Waals surface area contributed by atoms with E-state index in [4.69, 9.17) is 4.74 Å². The summed E-state index contributed by atoms with van der Waals surface area (Å²) in [5.41, 5.74) is 1.47. The molecule has 24 heavy (non-hydrogen) atoms. The summed E-state index contributed by atoms with van der Waals surface area (Å²) in [6.45, 7) is 0.287. The van der Waals surface area contributed by atoms with Gasteiger partial charge in [-0.3, -0.25) is 14.1 Å². The number of anilines is 1. The molecule has 1 amide bonds. The Morgan fingerprint density at radius 2 is 1.79 bits per heavy atom. The third-order valence-electron chi connectivity index (χ3n) is 3.31. The zero-order valence-electron chi connectivity index (χ0n) is 13.5. The number of benzene rings is 1. The molecule has 0 radical (unpaired) electrons. The summed E-state index contributed by atoms with van der Waals surface area (Å²) in [4.78, 5) is 15.7. The first-order valence-electron chi connectivity index (χ1n) is 7.18. The Bertz CT molecular complexity index is 777. The molecule has 128 valence electrons. The molecule has 2 aromatic rings. The molecule has 0 atom stereocenters. The van der Waals surface area contributed by atoms with Gasteiger partial charge in [-0.25, -0.2) is 8.42 Å². The maximum atomic E-state index is 11.8. The van der Waals surface area contributed by atoms with E-state index >= 15 is 0 Å². The highest BCUT2D eigenvalue weighted by molar-refractivity contribution is 7.92. The van der Waals surface area contributed by atoms with Crippen LogP contribution in [0, 0.1) is 0 Å². The fraction of sp³-hybridized carbons (Fsp3) is 0.250. The number of nitrogens with one attached hydrogen (secondary N) is 1. The Hall–Kier alpha value is -2.61. The SMILES string of the molecule is CN(c1ccc(OCC(=O)NCc2ccncc2)cc1)S(C)(=O)=O. The van der Waals surface area contributed by atoms with Crippen LogP contribution in [0.1, 0.15) is 5.56 Å². The topological polar surface area (TPSA) is 88.6 Å². The molecule has 0 fully saturated rings. The maximum absolute atomic E-state index is 11.8. The molecule has 7 nitrogen and oxygen atoms in total. The van der Waals surface area contributed by atoms with Crippen LogP contribution in [0.4, 0.5) is 5.69 Å². The van der Waals surface area contributed by atoms with Crippen LogP contribution in [0.3, 0.4) is 0 Å². The van der Waals surface area contributed by atoms with Crippen LogP contribution >= 0.6 is 0 Å². The van der Waals surface area contributed by atoms with E-state index in [0.717, 1.165) is 16.1 Å². The Balaban J connectivity index is 1.83. The lowest BCUT2D eigenvalue weighted by atomic mass is 10.3. The van der Waals surface area contributed by atoms with Gasteiger partial charge in [0.1, 0.15) is 5.75 Å². The number of hydrogen-bond acceptors (Lipinski definition) is 5. The lowest BCUT2D eigenvalue weighted by molar-refractivity contribution is -0.123.